The number of hydrogen-bond acceptors (Lipinski definition) is 3. The van der Waals surface area contributed by atoms with Gasteiger partial charge in [0.1, 0.15) is 0 Å². The predicted octanol–water partition coefficient (Wildman–Crippen LogP) is 2.14. The van der Waals surface area contributed by atoms with E-state index in [2.05, 4.69) is 14.9 Å². The third-order valence-electron chi connectivity index (χ3n) is 4.27. The fourth-order valence-electron chi connectivity index (χ4n) is 3.07. The largest absolute Gasteiger partial charge is 0.330 e. The maximum absolute atomic E-state index is 5.97. The Hall–Kier alpha value is -0.870. The summed E-state index contributed by atoms with van der Waals surface area (Å²) in [5.74, 6) is 0. The maximum Gasteiger partial charge on any atom is 0.0951 e. The van der Waals surface area contributed by atoms with Crippen molar-refractivity contribution in [1.82, 2.24) is 14.9 Å². The van der Waals surface area contributed by atoms with Crippen LogP contribution in [0.25, 0.3) is 0 Å². The molecular formula is C14H24N4. The van der Waals surface area contributed by atoms with Crippen molar-refractivity contribution in [3.63, 3.8) is 0 Å². The summed E-state index contributed by atoms with van der Waals surface area (Å²) in [7, 11) is 0. The lowest BCUT2D eigenvalue weighted by molar-refractivity contribution is 0.334. The first-order chi connectivity index (χ1) is 8.88. The van der Waals surface area contributed by atoms with E-state index in [0.29, 0.717) is 18.6 Å². The SMILES string of the molecule is NCC(NC1CCCCC1)c1cncn1C1CC1. The highest BCUT2D eigenvalue weighted by molar-refractivity contribution is 5.10. The molecule has 2 saturated carbocycles. The van der Waals surface area contributed by atoms with Crippen molar-refractivity contribution in [2.75, 3.05) is 6.54 Å². The Kier molecular flexibility index (Phi) is 3.66. The number of rotatable bonds is 5. The first kappa shape index (κ1) is 12.2. The Bertz CT molecular complexity index is 377. The highest BCUT2D eigenvalue weighted by atomic mass is 15.1. The van der Waals surface area contributed by atoms with E-state index >= 15 is 0 Å². The zero-order valence-electron chi connectivity index (χ0n) is 11.0. The first-order valence-electron chi connectivity index (χ1n) is 7.36. The molecule has 0 bridgehead atoms. The van der Waals surface area contributed by atoms with Crippen LogP contribution in [0.2, 0.25) is 0 Å². The minimum absolute atomic E-state index is 0.274. The van der Waals surface area contributed by atoms with Gasteiger partial charge in [-0.1, -0.05) is 19.3 Å². The van der Waals surface area contributed by atoms with Gasteiger partial charge in [-0.15, -0.1) is 0 Å². The van der Waals surface area contributed by atoms with Crippen molar-refractivity contribution in [3.8, 4) is 0 Å². The number of nitrogens with one attached hydrogen (secondary N) is 1. The molecule has 18 heavy (non-hydrogen) atoms. The van der Waals surface area contributed by atoms with Gasteiger partial charge in [0.15, 0.2) is 0 Å². The number of nitrogens with zero attached hydrogens (tertiary/aromatic N) is 2. The van der Waals surface area contributed by atoms with Gasteiger partial charge in [0.05, 0.1) is 18.1 Å². The molecule has 0 aromatic carbocycles. The average Bonchev–Trinajstić information content (AvgIpc) is 3.15. The molecule has 0 radical (unpaired) electrons. The maximum atomic E-state index is 5.97. The number of aromatic nitrogens is 2. The molecule has 0 saturated heterocycles. The van der Waals surface area contributed by atoms with E-state index in [-0.39, 0.29) is 6.04 Å². The molecule has 100 valence electrons. The Balaban J connectivity index is 1.68. The minimum Gasteiger partial charge on any atom is -0.330 e. The van der Waals surface area contributed by atoms with Crippen molar-refractivity contribution in [2.24, 2.45) is 5.73 Å². The molecule has 1 aromatic heterocycles. The fourth-order valence-corrected chi connectivity index (χ4v) is 3.07. The standard InChI is InChI=1S/C14H24N4/c15-8-13(17-11-4-2-1-3-5-11)14-9-16-10-18(14)12-6-7-12/h9-13,17H,1-8,15H2. The van der Waals surface area contributed by atoms with Crippen LogP contribution in [0.15, 0.2) is 12.5 Å². The van der Waals surface area contributed by atoms with Crippen LogP contribution in [-0.4, -0.2) is 22.1 Å². The van der Waals surface area contributed by atoms with Crippen molar-refractivity contribution < 1.29 is 0 Å². The van der Waals surface area contributed by atoms with Crippen LogP contribution in [0.4, 0.5) is 0 Å². The molecule has 0 aliphatic heterocycles. The predicted molar refractivity (Wildman–Crippen MR) is 72.3 cm³/mol. The van der Waals surface area contributed by atoms with E-state index in [1.807, 2.05) is 12.5 Å². The monoisotopic (exact) mass is 248 g/mol. The average molecular weight is 248 g/mol. The Morgan fingerprint density at radius 2 is 2.06 bits per heavy atom. The Morgan fingerprint density at radius 1 is 1.28 bits per heavy atom. The van der Waals surface area contributed by atoms with Gasteiger partial charge in [0.25, 0.3) is 0 Å². The number of hydrogen-bond donors (Lipinski definition) is 2. The molecule has 1 unspecified atom stereocenters. The third kappa shape index (κ3) is 2.59. The Labute approximate surface area is 109 Å². The van der Waals surface area contributed by atoms with E-state index < -0.39 is 0 Å². The molecule has 4 nitrogen and oxygen atoms in total. The fraction of sp³-hybridized carbons (Fsp3) is 0.786. The quantitative estimate of drug-likeness (QED) is 0.839. The molecular weight excluding hydrogens is 224 g/mol. The van der Waals surface area contributed by atoms with Crippen molar-refractivity contribution >= 4 is 0 Å². The molecule has 2 aliphatic rings. The normalized spacial score (nSPS) is 23.2. The van der Waals surface area contributed by atoms with Gasteiger partial charge in [-0.25, -0.2) is 4.98 Å². The van der Waals surface area contributed by atoms with Gasteiger partial charge >= 0.3 is 0 Å². The van der Waals surface area contributed by atoms with Crippen LogP contribution in [0.5, 0.6) is 0 Å². The summed E-state index contributed by atoms with van der Waals surface area (Å²) < 4.78 is 2.33. The Morgan fingerprint density at radius 3 is 2.72 bits per heavy atom. The summed E-state index contributed by atoms with van der Waals surface area (Å²) >= 11 is 0. The smallest absolute Gasteiger partial charge is 0.0951 e. The first-order valence-corrected chi connectivity index (χ1v) is 7.36. The van der Waals surface area contributed by atoms with Gasteiger partial charge in [0, 0.05) is 24.8 Å². The zero-order valence-corrected chi connectivity index (χ0v) is 11.0. The van der Waals surface area contributed by atoms with E-state index in [1.165, 1.54) is 50.6 Å². The molecule has 2 fully saturated rings. The van der Waals surface area contributed by atoms with Crippen LogP contribution >= 0.6 is 0 Å². The summed E-state index contributed by atoms with van der Waals surface area (Å²) in [5, 5.41) is 3.75. The second-order valence-corrected chi connectivity index (χ2v) is 5.75. The molecule has 2 aliphatic carbocycles. The minimum atomic E-state index is 0.274. The summed E-state index contributed by atoms with van der Waals surface area (Å²) in [4.78, 5) is 4.31. The second kappa shape index (κ2) is 5.41. The molecule has 1 heterocycles. The van der Waals surface area contributed by atoms with E-state index in [1.54, 1.807) is 0 Å². The molecule has 1 aromatic rings. The van der Waals surface area contributed by atoms with Gasteiger partial charge in [-0.3, -0.25) is 0 Å². The van der Waals surface area contributed by atoms with Gasteiger partial charge in [-0.2, -0.15) is 0 Å². The summed E-state index contributed by atoms with van der Waals surface area (Å²) in [5.41, 5.74) is 7.25. The molecule has 0 spiro atoms. The van der Waals surface area contributed by atoms with Gasteiger partial charge in [-0.05, 0) is 25.7 Å². The van der Waals surface area contributed by atoms with Crippen molar-refractivity contribution in [3.05, 3.63) is 18.2 Å². The third-order valence-corrected chi connectivity index (χ3v) is 4.27. The van der Waals surface area contributed by atoms with Gasteiger partial charge < -0.3 is 15.6 Å². The lowest BCUT2D eigenvalue weighted by Gasteiger charge is -2.28. The number of imidazole rings is 1. The van der Waals surface area contributed by atoms with Gasteiger partial charge in [0.2, 0.25) is 0 Å². The highest BCUT2D eigenvalue weighted by Crippen LogP contribution is 2.37. The van der Waals surface area contributed by atoms with Crippen LogP contribution in [0.3, 0.4) is 0 Å². The van der Waals surface area contributed by atoms with Crippen LogP contribution in [0.1, 0.15) is 62.7 Å². The molecule has 1 atom stereocenters. The lowest BCUT2D eigenvalue weighted by Crippen LogP contribution is -2.38. The van der Waals surface area contributed by atoms with E-state index in [0.717, 1.165) is 0 Å². The summed E-state index contributed by atoms with van der Waals surface area (Å²) in [6.07, 6.45) is 13.3. The van der Waals surface area contributed by atoms with Crippen molar-refractivity contribution in [2.45, 2.75) is 63.1 Å². The molecule has 3 N–H and O–H groups in total. The topological polar surface area (TPSA) is 55.9 Å². The second-order valence-electron chi connectivity index (χ2n) is 5.75. The van der Waals surface area contributed by atoms with E-state index in [4.69, 9.17) is 5.73 Å². The summed E-state index contributed by atoms with van der Waals surface area (Å²) in [6, 6.07) is 1.61. The van der Waals surface area contributed by atoms with Crippen LogP contribution in [0, 0.1) is 0 Å². The van der Waals surface area contributed by atoms with Crippen LogP contribution in [-0.2, 0) is 0 Å². The van der Waals surface area contributed by atoms with E-state index in [9.17, 15) is 0 Å². The van der Waals surface area contributed by atoms with Crippen LogP contribution < -0.4 is 11.1 Å². The molecule has 3 rings (SSSR count). The molecule has 4 heteroatoms. The van der Waals surface area contributed by atoms with Crippen molar-refractivity contribution in [1.29, 1.82) is 0 Å². The summed E-state index contributed by atoms with van der Waals surface area (Å²) in [6.45, 7) is 0.662. The lowest BCUT2D eigenvalue weighted by atomic mass is 9.94. The number of nitrogens with two attached hydrogens (primary N) is 1. The molecule has 0 amide bonds. The zero-order chi connectivity index (χ0) is 12.4. The highest BCUT2D eigenvalue weighted by Gasteiger charge is 2.28.